The van der Waals surface area contributed by atoms with Crippen molar-refractivity contribution in [2.75, 3.05) is 13.1 Å². The third-order valence-electron chi connectivity index (χ3n) is 9.23. The molecule has 4 saturated carbocycles. The highest BCUT2D eigenvalue weighted by Crippen LogP contribution is 2.60. The van der Waals surface area contributed by atoms with Gasteiger partial charge >= 0.3 is 12.2 Å². The molecular formula is C28H41N5O6. The molecule has 5 rings (SSSR count). The highest BCUT2D eigenvalue weighted by Gasteiger charge is 2.55. The molecule has 1 aliphatic heterocycles. The number of aliphatic carboxylic acids is 1. The Hall–Kier alpha value is -3.07. The van der Waals surface area contributed by atoms with Crippen molar-refractivity contribution in [3.05, 3.63) is 5.53 Å². The third-order valence-corrected chi connectivity index (χ3v) is 9.23. The molecular weight excluding hydrogens is 502 g/mol. The van der Waals surface area contributed by atoms with Crippen LogP contribution in [-0.2, 0) is 24.0 Å². The van der Waals surface area contributed by atoms with Crippen LogP contribution in [0.4, 0.5) is 0 Å². The van der Waals surface area contributed by atoms with Crippen LogP contribution in [0.25, 0.3) is 5.53 Å². The molecule has 1 heterocycles. The monoisotopic (exact) mass is 543 g/mol. The summed E-state index contributed by atoms with van der Waals surface area (Å²) in [5.74, 6) is -0.695. The van der Waals surface area contributed by atoms with Crippen molar-refractivity contribution in [1.82, 2.24) is 15.5 Å². The molecule has 4 bridgehead atoms. The summed E-state index contributed by atoms with van der Waals surface area (Å²) < 4.78 is 0. The van der Waals surface area contributed by atoms with Gasteiger partial charge in [-0.25, -0.2) is 4.79 Å². The van der Waals surface area contributed by atoms with Crippen LogP contribution in [0.1, 0.15) is 89.9 Å². The average molecular weight is 544 g/mol. The number of piperidine rings is 1. The molecule has 0 unspecified atom stereocenters. The van der Waals surface area contributed by atoms with Gasteiger partial charge in [-0.1, -0.05) is 0 Å². The molecule has 1 saturated heterocycles. The Kier molecular flexibility index (Phi) is 9.53. The van der Waals surface area contributed by atoms with Crippen molar-refractivity contribution in [2.24, 2.45) is 23.2 Å². The summed E-state index contributed by atoms with van der Waals surface area (Å²) in [6.07, 6.45) is 10.5. The largest absolute Gasteiger partial charge is 0.480 e. The van der Waals surface area contributed by atoms with Gasteiger partial charge in [0.15, 0.2) is 0 Å². The fourth-order valence-electron chi connectivity index (χ4n) is 7.66. The zero-order valence-corrected chi connectivity index (χ0v) is 22.6. The number of ketones is 1. The summed E-state index contributed by atoms with van der Waals surface area (Å²) in [6.45, 7) is 1.34. The van der Waals surface area contributed by atoms with Crippen molar-refractivity contribution in [2.45, 2.75) is 102 Å². The molecule has 2 atom stereocenters. The van der Waals surface area contributed by atoms with E-state index in [0.717, 1.165) is 38.6 Å². The number of nitrogens with one attached hydrogen (secondary N) is 2. The second kappa shape index (κ2) is 12.9. The van der Waals surface area contributed by atoms with Crippen molar-refractivity contribution < 1.29 is 33.9 Å². The quantitative estimate of drug-likeness (QED) is 0.131. The minimum absolute atomic E-state index is 0.103. The van der Waals surface area contributed by atoms with E-state index in [4.69, 9.17) is 5.53 Å². The fourth-order valence-corrected chi connectivity index (χ4v) is 7.66. The SMILES string of the molecule is [N-]=[N+]=CC(=O)CC[C@H](NC(=O)[C@@H](CCCCN1CCCCC1=O)NC(=O)C12CC3CC(CC(C3)C1)C2)C(=O)O. The first-order valence-electron chi connectivity index (χ1n) is 14.5. The number of rotatable bonds is 14. The van der Waals surface area contributed by atoms with Crippen molar-refractivity contribution in [1.29, 1.82) is 0 Å². The summed E-state index contributed by atoms with van der Waals surface area (Å²) in [5, 5.41) is 15.2. The molecule has 0 aromatic carbocycles. The Morgan fingerprint density at radius 1 is 1.00 bits per heavy atom. The lowest BCUT2D eigenvalue weighted by Crippen LogP contribution is -2.58. The second-order valence-corrected chi connectivity index (χ2v) is 12.2. The lowest BCUT2D eigenvalue weighted by atomic mass is 9.49. The number of carboxylic acid groups (broad SMARTS) is 1. The number of nitrogens with zero attached hydrogens (tertiary/aromatic N) is 3. The minimum atomic E-state index is -1.32. The van der Waals surface area contributed by atoms with Gasteiger partial charge in [0.1, 0.15) is 12.1 Å². The topological polar surface area (TPSA) is 169 Å². The van der Waals surface area contributed by atoms with Gasteiger partial charge in [0.25, 0.3) is 0 Å². The van der Waals surface area contributed by atoms with Gasteiger partial charge in [0, 0.05) is 31.3 Å². The molecule has 3 amide bonds. The molecule has 0 radical (unpaired) electrons. The third kappa shape index (κ3) is 7.32. The number of hydrogen-bond donors (Lipinski definition) is 3. The van der Waals surface area contributed by atoms with Crippen LogP contribution >= 0.6 is 0 Å². The van der Waals surface area contributed by atoms with E-state index in [1.165, 1.54) is 19.3 Å². The maximum absolute atomic E-state index is 13.7. The van der Waals surface area contributed by atoms with Crippen molar-refractivity contribution in [3.63, 3.8) is 0 Å². The summed E-state index contributed by atoms with van der Waals surface area (Å²) in [4.78, 5) is 67.1. The van der Waals surface area contributed by atoms with E-state index in [1.807, 2.05) is 4.90 Å². The summed E-state index contributed by atoms with van der Waals surface area (Å²) in [5.41, 5.74) is 8.05. The van der Waals surface area contributed by atoms with Gasteiger partial charge in [-0.05, 0) is 94.8 Å². The lowest BCUT2D eigenvalue weighted by Gasteiger charge is -2.55. The van der Waals surface area contributed by atoms with Crippen LogP contribution in [0.15, 0.2) is 0 Å². The number of carbonyl (C=O) groups excluding carboxylic acids is 4. The van der Waals surface area contributed by atoms with Gasteiger partial charge in [-0.3, -0.25) is 19.2 Å². The second-order valence-electron chi connectivity index (χ2n) is 12.2. The molecule has 11 nitrogen and oxygen atoms in total. The van der Waals surface area contributed by atoms with Crippen LogP contribution < -0.4 is 10.6 Å². The number of unbranched alkanes of at least 4 members (excludes halogenated alkanes) is 1. The van der Waals surface area contributed by atoms with E-state index in [0.29, 0.717) is 56.2 Å². The maximum Gasteiger partial charge on any atom is 0.326 e. The van der Waals surface area contributed by atoms with Crippen LogP contribution in [0, 0.1) is 23.2 Å². The number of Topliss-reactive ketones (excluding diaryl/α,β-unsaturated/α-hetero) is 1. The summed E-state index contributed by atoms with van der Waals surface area (Å²) >= 11 is 0. The Balaban J connectivity index is 1.39. The zero-order valence-electron chi connectivity index (χ0n) is 22.6. The van der Waals surface area contributed by atoms with Crippen LogP contribution in [0.5, 0.6) is 0 Å². The first-order valence-corrected chi connectivity index (χ1v) is 14.5. The Labute approximate surface area is 229 Å². The Morgan fingerprint density at radius 3 is 2.26 bits per heavy atom. The van der Waals surface area contributed by atoms with E-state index in [1.54, 1.807) is 0 Å². The van der Waals surface area contributed by atoms with Crippen molar-refractivity contribution in [3.8, 4) is 0 Å². The van der Waals surface area contributed by atoms with Gasteiger partial charge in [0.2, 0.25) is 23.5 Å². The normalized spacial score (nSPS) is 28.8. The van der Waals surface area contributed by atoms with Gasteiger partial charge in [0.05, 0.1) is 0 Å². The number of amides is 3. The summed E-state index contributed by atoms with van der Waals surface area (Å²) in [6, 6.07) is -2.22. The number of likely N-dealkylation sites (tertiary alicyclic amines) is 1. The van der Waals surface area contributed by atoms with E-state index in [9.17, 15) is 29.1 Å². The maximum atomic E-state index is 13.7. The standard InChI is InChI=1S/C28H41N5O6/c29-30-17-21(34)7-8-23(26(37)38)31-25(36)22(5-1-3-9-33-10-4-2-6-24(33)35)32-27(39)28-14-18-11-19(15-28)13-20(12-18)16-28/h17-20,22-23H,1-16H2,(H,31,36)(H,32,39)(H,37,38)/t18?,19?,20?,22-,23+,28?/m1/s1. The molecule has 0 aromatic rings. The fraction of sp³-hybridized carbons (Fsp3) is 0.786. The summed E-state index contributed by atoms with van der Waals surface area (Å²) in [7, 11) is 0. The average Bonchev–Trinajstić information content (AvgIpc) is 2.88. The molecule has 5 fully saturated rings. The predicted molar refractivity (Wildman–Crippen MR) is 140 cm³/mol. The predicted octanol–water partition coefficient (Wildman–Crippen LogP) is 2.09. The van der Waals surface area contributed by atoms with Crippen LogP contribution in [0.3, 0.4) is 0 Å². The molecule has 4 aliphatic carbocycles. The minimum Gasteiger partial charge on any atom is -0.480 e. The van der Waals surface area contributed by atoms with Gasteiger partial charge < -0.3 is 26.2 Å². The molecule has 39 heavy (non-hydrogen) atoms. The van der Waals surface area contributed by atoms with E-state index < -0.39 is 35.2 Å². The smallest absolute Gasteiger partial charge is 0.326 e. The van der Waals surface area contributed by atoms with Crippen LogP contribution in [-0.4, -0.2) is 75.7 Å². The molecule has 0 spiro atoms. The number of carboxylic acids is 1. The highest BCUT2D eigenvalue weighted by atomic mass is 16.4. The zero-order chi connectivity index (χ0) is 28.0. The molecule has 214 valence electrons. The lowest BCUT2D eigenvalue weighted by molar-refractivity contribution is -0.149. The molecule has 3 N–H and O–H groups in total. The molecule has 0 aromatic heterocycles. The number of carbonyl (C=O) groups is 5. The number of hydrogen-bond acceptors (Lipinski definition) is 5. The van der Waals surface area contributed by atoms with Crippen molar-refractivity contribution >= 4 is 35.7 Å². The molecule has 11 heteroatoms. The van der Waals surface area contributed by atoms with E-state index in [2.05, 4.69) is 15.4 Å². The molecule has 5 aliphatic rings. The van der Waals surface area contributed by atoms with E-state index >= 15 is 0 Å². The Bertz CT molecular complexity index is 987. The van der Waals surface area contributed by atoms with E-state index in [-0.39, 0.29) is 24.7 Å². The Morgan fingerprint density at radius 2 is 1.67 bits per heavy atom. The highest BCUT2D eigenvalue weighted by molar-refractivity contribution is 6.25. The first kappa shape index (κ1) is 28.9. The van der Waals surface area contributed by atoms with Crippen LogP contribution in [0.2, 0.25) is 0 Å². The first-order chi connectivity index (χ1) is 18.7. The van der Waals surface area contributed by atoms with Gasteiger partial charge in [-0.15, -0.1) is 0 Å². The van der Waals surface area contributed by atoms with Gasteiger partial charge in [-0.2, -0.15) is 4.79 Å².